The fourth-order valence-corrected chi connectivity index (χ4v) is 1.97. The first kappa shape index (κ1) is 17.5. The molecule has 2 aromatic rings. The van der Waals surface area contributed by atoms with E-state index in [1.165, 1.54) is 0 Å². The van der Waals surface area contributed by atoms with Gasteiger partial charge in [0.25, 0.3) is 0 Å². The Bertz CT molecular complexity index is 542. The number of hydrogen-bond acceptors (Lipinski definition) is 3. The maximum Gasteiger partial charge on any atom is 0.191 e. The molecule has 0 saturated carbocycles. The molecule has 21 heavy (non-hydrogen) atoms. The van der Waals surface area contributed by atoms with Crippen molar-refractivity contribution in [2.45, 2.75) is 26.9 Å². The molecule has 0 atom stereocenters. The summed E-state index contributed by atoms with van der Waals surface area (Å²) in [7, 11) is 1.76. The second kappa shape index (κ2) is 8.71. The molecule has 0 aliphatic rings. The van der Waals surface area contributed by atoms with Gasteiger partial charge in [0.2, 0.25) is 0 Å². The van der Waals surface area contributed by atoms with E-state index in [4.69, 9.17) is 4.52 Å². The fourth-order valence-electron chi connectivity index (χ4n) is 1.97. The highest BCUT2D eigenvalue weighted by Gasteiger charge is 2.09. The molecule has 0 aromatic carbocycles. The van der Waals surface area contributed by atoms with Crippen LogP contribution in [0, 0.1) is 13.8 Å². The van der Waals surface area contributed by atoms with Gasteiger partial charge in [-0.05, 0) is 26.0 Å². The third-order valence-electron chi connectivity index (χ3n) is 3.17. The summed E-state index contributed by atoms with van der Waals surface area (Å²) < 4.78 is 7.26. The van der Waals surface area contributed by atoms with Gasteiger partial charge >= 0.3 is 0 Å². The highest BCUT2D eigenvalue weighted by molar-refractivity contribution is 14.0. The van der Waals surface area contributed by atoms with Gasteiger partial charge in [0.15, 0.2) is 5.96 Å². The quantitative estimate of drug-likeness (QED) is 0.456. The molecule has 0 saturated heterocycles. The van der Waals surface area contributed by atoms with Crippen molar-refractivity contribution in [2.24, 2.45) is 4.99 Å². The molecule has 0 fully saturated rings. The van der Waals surface area contributed by atoms with E-state index in [1.54, 1.807) is 7.05 Å². The molecule has 0 unspecified atom stereocenters. The molecular weight excluding hydrogens is 381 g/mol. The second-order valence-corrected chi connectivity index (χ2v) is 4.58. The topological polar surface area (TPSA) is 67.4 Å². The first-order chi connectivity index (χ1) is 9.70. The monoisotopic (exact) mass is 403 g/mol. The summed E-state index contributed by atoms with van der Waals surface area (Å²) in [6, 6.07) is 4.04. The molecule has 116 valence electrons. The summed E-state index contributed by atoms with van der Waals surface area (Å²) in [5.74, 6) is 1.62. The minimum absolute atomic E-state index is 0. The number of hydrogen-bond donors (Lipinski definition) is 2. The second-order valence-electron chi connectivity index (χ2n) is 4.58. The van der Waals surface area contributed by atoms with E-state index >= 15 is 0 Å². The largest absolute Gasteiger partial charge is 0.361 e. The molecular formula is C14H22IN5O. The van der Waals surface area contributed by atoms with Crippen molar-refractivity contribution >= 4 is 29.9 Å². The van der Waals surface area contributed by atoms with Crippen LogP contribution in [-0.2, 0) is 13.1 Å². The number of nitrogens with zero attached hydrogens (tertiary/aromatic N) is 3. The van der Waals surface area contributed by atoms with Crippen molar-refractivity contribution in [3.63, 3.8) is 0 Å². The maximum absolute atomic E-state index is 5.14. The Morgan fingerprint density at radius 1 is 1.29 bits per heavy atom. The number of aromatic nitrogens is 2. The predicted octanol–water partition coefficient (Wildman–Crippen LogP) is 2.08. The summed E-state index contributed by atoms with van der Waals surface area (Å²) in [5.41, 5.74) is 2.00. The van der Waals surface area contributed by atoms with Gasteiger partial charge in [0.1, 0.15) is 5.76 Å². The molecule has 2 N–H and O–H groups in total. The van der Waals surface area contributed by atoms with E-state index < -0.39 is 0 Å². The summed E-state index contributed by atoms with van der Waals surface area (Å²) in [6.07, 6.45) is 4.09. The van der Waals surface area contributed by atoms with E-state index in [-0.39, 0.29) is 24.0 Å². The zero-order valence-electron chi connectivity index (χ0n) is 12.6. The number of aliphatic imine (C=N–C) groups is 1. The molecule has 6 nitrogen and oxygen atoms in total. The predicted molar refractivity (Wildman–Crippen MR) is 94.0 cm³/mol. The highest BCUT2D eigenvalue weighted by atomic mass is 127. The van der Waals surface area contributed by atoms with E-state index in [2.05, 4.69) is 25.3 Å². The van der Waals surface area contributed by atoms with Crippen molar-refractivity contribution < 1.29 is 4.52 Å². The van der Waals surface area contributed by atoms with Gasteiger partial charge in [-0.25, -0.2) is 0 Å². The third-order valence-corrected chi connectivity index (χ3v) is 3.17. The molecule has 0 aliphatic carbocycles. The Morgan fingerprint density at radius 3 is 2.57 bits per heavy atom. The zero-order valence-corrected chi connectivity index (χ0v) is 14.9. The average molecular weight is 403 g/mol. The number of halogens is 1. The van der Waals surface area contributed by atoms with Crippen LogP contribution in [0.3, 0.4) is 0 Å². The van der Waals surface area contributed by atoms with Crippen molar-refractivity contribution in [3.05, 3.63) is 41.5 Å². The molecule has 2 heterocycles. The first-order valence-corrected chi connectivity index (χ1v) is 6.67. The Morgan fingerprint density at radius 2 is 2.00 bits per heavy atom. The van der Waals surface area contributed by atoms with Crippen LogP contribution in [0.15, 0.2) is 34.0 Å². The smallest absolute Gasteiger partial charge is 0.191 e. The van der Waals surface area contributed by atoms with Gasteiger partial charge in [-0.15, -0.1) is 24.0 Å². The van der Waals surface area contributed by atoms with Crippen LogP contribution in [0.2, 0.25) is 0 Å². The van der Waals surface area contributed by atoms with E-state index in [0.717, 1.165) is 36.1 Å². The summed E-state index contributed by atoms with van der Waals surface area (Å²) in [4.78, 5) is 4.20. The van der Waals surface area contributed by atoms with E-state index in [1.807, 2.05) is 38.4 Å². The van der Waals surface area contributed by atoms with Gasteiger partial charge in [0.05, 0.1) is 5.69 Å². The number of rotatable bonds is 5. The molecule has 7 heteroatoms. The maximum atomic E-state index is 5.14. The van der Waals surface area contributed by atoms with Gasteiger partial charge in [-0.3, -0.25) is 4.99 Å². The summed E-state index contributed by atoms with van der Waals surface area (Å²) in [5, 5.41) is 10.5. The van der Waals surface area contributed by atoms with Crippen LogP contribution >= 0.6 is 24.0 Å². The SMILES string of the molecule is CN=C(NCCn1cccc1)NCc1c(C)noc1C.I. The zero-order chi connectivity index (χ0) is 14.4. The van der Waals surface area contributed by atoms with Gasteiger partial charge in [0, 0.05) is 44.6 Å². The summed E-state index contributed by atoms with van der Waals surface area (Å²) in [6.45, 7) is 6.23. The molecule has 0 spiro atoms. The van der Waals surface area contributed by atoms with Crippen LogP contribution in [0.25, 0.3) is 0 Å². The minimum atomic E-state index is 0. The number of guanidine groups is 1. The minimum Gasteiger partial charge on any atom is -0.361 e. The van der Waals surface area contributed by atoms with Crippen LogP contribution in [0.1, 0.15) is 17.0 Å². The lowest BCUT2D eigenvalue weighted by molar-refractivity contribution is 0.392. The molecule has 0 bridgehead atoms. The van der Waals surface area contributed by atoms with Crippen molar-refractivity contribution in [1.29, 1.82) is 0 Å². The third kappa shape index (κ3) is 5.07. The van der Waals surface area contributed by atoms with Crippen LogP contribution in [0.5, 0.6) is 0 Å². The van der Waals surface area contributed by atoms with Crippen molar-refractivity contribution in [3.8, 4) is 0 Å². The Balaban J connectivity index is 0.00000220. The van der Waals surface area contributed by atoms with E-state index in [9.17, 15) is 0 Å². The van der Waals surface area contributed by atoms with Gasteiger partial charge in [-0.1, -0.05) is 5.16 Å². The Kier molecular flexibility index (Phi) is 7.27. The highest BCUT2D eigenvalue weighted by Crippen LogP contribution is 2.11. The van der Waals surface area contributed by atoms with Crippen LogP contribution in [-0.4, -0.2) is 29.3 Å². The lowest BCUT2D eigenvalue weighted by Crippen LogP contribution is -2.38. The number of aryl methyl sites for hydroxylation is 2. The lowest BCUT2D eigenvalue weighted by atomic mass is 10.2. The molecule has 0 radical (unpaired) electrons. The van der Waals surface area contributed by atoms with Gasteiger partial charge < -0.3 is 19.7 Å². The van der Waals surface area contributed by atoms with Crippen LogP contribution < -0.4 is 10.6 Å². The lowest BCUT2D eigenvalue weighted by Gasteiger charge is -2.12. The Hall–Kier alpha value is -1.51. The standard InChI is InChI=1S/C14H21N5O.HI/c1-11-13(12(2)20-18-11)10-17-14(15-3)16-6-9-19-7-4-5-8-19;/h4-5,7-8H,6,9-10H2,1-3H3,(H2,15,16,17);1H. The fraction of sp³-hybridized carbons (Fsp3) is 0.429. The molecule has 0 aliphatic heterocycles. The van der Waals surface area contributed by atoms with Crippen molar-refractivity contribution in [2.75, 3.05) is 13.6 Å². The first-order valence-electron chi connectivity index (χ1n) is 6.67. The van der Waals surface area contributed by atoms with Crippen molar-refractivity contribution in [1.82, 2.24) is 20.4 Å². The van der Waals surface area contributed by atoms with Gasteiger partial charge in [-0.2, -0.15) is 0 Å². The molecule has 0 amide bonds. The number of nitrogens with one attached hydrogen (secondary N) is 2. The molecule has 2 rings (SSSR count). The van der Waals surface area contributed by atoms with Crippen LogP contribution in [0.4, 0.5) is 0 Å². The van der Waals surface area contributed by atoms with E-state index in [0.29, 0.717) is 6.54 Å². The summed E-state index contributed by atoms with van der Waals surface area (Å²) >= 11 is 0. The average Bonchev–Trinajstić information content (AvgIpc) is 3.06. The normalized spacial score (nSPS) is 11.1. The molecule has 2 aromatic heterocycles. The Labute approximate surface area is 142 Å².